The van der Waals surface area contributed by atoms with E-state index >= 15 is 0 Å². The predicted octanol–water partition coefficient (Wildman–Crippen LogP) is 12.6. The van der Waals surface area contributed by atoms with E-state index in [-0.39, 0.29) is 0 Å². The fourth-order valence-electron chi connectivity index (χ4n) is 10.7. The quantitative estimate of drug-likeness (QED) is 0.171. The van der Waals surface area contributed by atoms with Crippen molar-refractivity contribution in [2.24, 2.45) is 0 Å². The molecule has 0 radical (unpaired) electrons. The smallest absolute Gasteiger partial charge is 0.104 e. The Hall–Kier alpha value is -9.46. The molecule has 0 saturated carbocycles. The van der Waals surface area contributed by atoms with Crippen LogP contribution in [0.15, 0.2) is 195 Å². The summed E-state index contributed by atoms with van der Waals surface area (Å²) in [5.74, 6) is 0. The van der Waals surface area contributed by atoms with Crippen LogP contribution in [-0.2, 0) is 0 Å². The Morgan fingerprint density at radius 1 is 0.303 bits per heavy atom. The monoisotopic (exact) mass is 844 g/mol. The third kappa shape index (κ3) is 4.80. The second-order valence-electron chi connectivity index (χ2n) is 16.5. The Labute approximate surface area is 375 Å². The van der Waals surface area contributed by atoms with Crippen molar-refractivity contribution in [3.63, 3.8) is 0 Å². The zero-order valence-electron chi connectivity index (χ0n) is 34.9. The molecule has 0 aliphatic heterocycles. The molecule has 0 amide bonds. The Balaban J connectivity index is 1.37. The Bertz CT molecular complexity index is 4160. The third-order valence-corrected chi connectivity index (χ3v) is 13.3. The van der Waals surface area contributed by atoms with Gasteiger partial charge in [0.2, 0.25) is 0 Å². The minimum atomic E-state index is 0.474. The van der Waals surface area contributed by atoms with Gasteiger partial charge in [-0.15, -0.1) is 0 Å². The summed E-state index contributed by atoms with van der Waals surface area (Å²) in [5.41, 5.74) is 12.9. The minimum Gasteiger partial charge on any atom is -0.307 e. The normalized spacial score (nSPS) is 11.9. The van der Waals surface area contributed by atoms with Crippen molar-refractivity contribution in [1.82, 2.24) is 43.2 Å². The molecule has 10 heteroatoms. The molecule has 66 heavy (non-hydrogen) atoms. The molecular formula is C56H32N10. The van der Waals surface area contributed by atoms with Crippen molar-refractivity contribution in [2.75, 3.05) is 0 Å². The number of pyridine rings is 5. The van der Waals surface area contributed by atoms with Crippen LogP contribution in [0.1, 0.15) is 5.56 Å². The molecule has 0 saturated heterocycles. The minimum absolute atomic E-state index is 0.474. The predicted molar refractivity (Wildman–Crippen MR) is 263 cm³/mol. The number of hydrogen-bond donors (Lipinski definition) is 0. The molecule has 14 rings (SSSR count). The van der Waals surface area contributed by atoms with E-state index < -0.39 is 0 Å². The lowest BCUT2D eigenvalue weighted by atomic mass is 9.93. The number of para-hydroxylation sites is 4. The van der Waals surface area contributed by atoms with Crippen LogP contribution in [0.25, 0.3) is 121 Å². The summed E-state index contributed by atoms with van der Waals surface area (Å²) in [5, 5.41) is 20.5. The summed E-state index contributed by atoms with van der Waals surface area (Å²) in [4.78, 5) is 23.2. The molecule has 0 bridgehead atoms. The van der Waals surface area contributed by atoms with Gasteiger partial charge in [-0.05, 0) is 66.2 Å². The molecule has 0 atom stereocenters. The third-order valence-electron chi connectivity index (χ3n) is 13.3. The van der Waals surface area contributed by atoms with Crippen LogP contribution in [-0.4, -0.2) is 43.2 Å². The lowest BCUT2D eigenvalue weighted by Crippen LogP contribution is -2.16. The molecule has 0 aliphatic rings. The molecule has 10 nitrogen and oxygen atoms in total. The second-order valence-corrected chi connectivity index (χ2v) is 16.5. The lowest BCUT2D eigenvalue weighted by Gasteiger charge is -2.29. The van der Waals surface area contributed by atoms with E-state index in [1.54, 1.807) is 0 Å². The maximum absolute atomic E-state index is 12.4. The molecule has 0 spiro atoms. The van der Waals surface area contributed by atoms with Gasteiger partial charge >= 0.3 is 0 Å². The first-order valence-corrected chi connectivity index (χ1v) is 21.7. The highest BCUT2D eigenvalue weighted by atomic mass is 15.1. The van der Waals surface area contributed by atoms with Crippen LogP contribution in [0.5, 0.6) is 0 Å². The summed E-state index contributed by atoms with van der Waals surface area (Å²) < 4.78 is 9.30. The van der Waals surface area contributed by atoms with Crippen molar-refractivity contribution in [3.05, 3.63) is 201 Å². The fourth-order valence-corrected chi connectivity index (χ4v) is 10.7. The molecule has 0 aliphatic carbocycles. The summed E-state index contributed by atoms with van der Waals surface area (Å²) in [7, 11) is 0. The molecule has 14 aromatic rings. The number of nitrogens with zero attached hydrogens (tertiary/aromatic N) is 10. The number of fused-ring (bicyclic) bond motifs is 12. The van der Waals surface area contributed by atoms with Crippen molar-refractivity contribution >= 4 is 87.2 Å². The standard InChI is InChI=1S/C56H32N10/c57-29-39-53(63-44-13-5-1-9-35(44)40-30-59-25-19-48(40)63)52(34-17-23-58-24-18-34)55(65-46-15-7-3-11-37(46)42-32-61-27-21-50(42)65)56(66-47-16-8-4-12-38(47)43-33-62-28-22-51(43)66)54(39)64-45-14-6-2-10-36(45)41-31-60-26-20-49(41)64/h1-28,30-33H. The van der Waals surface area contributed by atoms with Crippen LogP contribution >= 0.6 is 0 Å². The fraction of sp³-hybridized carbons (Fsp3) is 0. The molecule has 9 aromatic heterocycles. The van der Waals surface area contributed by atoms with Gasteiger partial charge in [0.05, 0.1) is 66.9 Å². The van der Waals surface area contributed by atoms with Gasteiger partial charge < -0.3 is 18.3 Å². The molecular weight excluding hydrogens is 813 g/mol. The van der Waals surface area contributed by atoms with Gasteiger partial charge in [-0.25, -0.2) is 0 Å². The Morgan fingerprint density at radius 3 is 1.02 bits per heavy atom. The van der Waals surface area contributed by atoms with E-state index in [9.17, 15) is 5.26 Å². The van der Waals surface area contributed by atoms with E-state index in [4.69, 9.17) is 0 Å². The average Bonchev–Trinajstić information content (AvgIpc) is 4.11. The van der Waals surface area contributed by atoms with Crippen molar-refractivity contribution in [3.8, 4) is 39.9 Å². The first-order chi connectivity index (χ1) is 32.8. The summed E-state index contributed by atoms with van der Waals surface area (Å²) in [6.07, 6.45) is 18.8. The Morgan fingerprint density at radius 2 is 0.621 bits per heavy atom. The van der Waals surface area contributed by atoms with E-state index in [1.807, 2.05) is 62.0 Å². The van der Waals surface area contributed by atoms with Gasteiger partial charge in [0, 0.05) is 111 Å². The average molecular weight is 845 g/mol. The van der Waals surface area contributed by atoms with Crippen LogP contribution < -0.4 is 0 Å². The molecule has 0 unspecified atom stereocenters. The highest BCUT2D eigenvalue weighted by Crippen LogP contribution is 2.51. The number of nitriles is 1. The first-order valence-electron chi connectivity index (χ1n) is 21.7. The van der Waals surface area contributed by atoms with Gasteiger partial charge in [-0.1, -0.05) is 72.8 Å². The molecule has 0 N–H and O–H groups in total. The van der Waals surface area contributed by atoms with Crippen LogP contribution in [0, 0.1) is 11.3 Å². The number of benzene rings is 5. The number of aromatic nitrogens is 9. The number of hydrogen-bond acceptors (Lipinski definition) is 6. The van der Waals surface area contributed by atoms with Gasteiger partial charge in [-0.3, -0.25) is 24.9 Å². The number of rotatable bonds is 5. The first kappa shape index (κ1) is 36.1. The van der Waals surface area contributed by atoms with Crippen molar-refractivity contribution in [1.29, 1.82) is 5.26 Å². The summed E-state index contributed by atoms with van der Waals surface area (Å²) in [6, 6.07) is 49.1. The van der Waals surface area contributed by atoms with Crippen LogP contribution in [0.4, 0.5) is 0 Å². The zero-order chi connectivity index (χ0) is 43.5. The van der Waals surface area contributed by atoms with Gasteiger partial charge in [0.1, 0.15) is 11.6 Å². The SMILES string of the molecule is N#Cc1c(-n2c3ccccc3c3cnccc32)c(-c2ccncc2)c(-n2c3ccccc3c3cnccc32)c(-n2c3ccccc3c3cnccc32)c1-n1c2ccccc2c2cnccc21. The molecule has 5 aromatic carbocycles. The van der Waals surface area contributed by atoms with E-state index in [0.29, 0.717) is 11.3 Å². The second kappa shape index (κ2) is 13.8. The topological polar surface area (TPSA) is 108 Å². The Kier molecular flexibility index (Phi) is 7.52. The van der Waals surface area contributed by atoms with Gasteiger partial charge in [-0.2, -0.15) is 5.26 Å². The summed E-state index contributed by atoms with van der Waals surface area (Å²) in [6.45, 7) is 0. The van der Waals surface area contributed by atoms with Crippen LogP contribution in [0.2, 0.25) is 0 Å². The molecule has 306 valence electrons. The van der Waals surface area contributed by atoms with Crippen molar-refractivity contribution < 1.29 is 0 Å². The molecule has 9 heterocycles. The van der Waals surface area contributed by atoms with Gasteiger partial charge in [0.25, 0.3) is 0 Å². The largest absolute Gasteiger partial charge is 0.307 e. The van der Waals surface area contributed by atoms with E-state index in [1.165, 1.54) is 0 Å². The highest BCUT2D eigenvalue weighted by molar-refractivity contribution is 6.16. The van der Waals surface area contributed by atoms with Gasteiger partial charge in [0.15, 0.2) is 0 Å². The van der Waals surface area contributed by atoms with E-state index in [2.05, 4.69) is 183 Å². The zero-order valence-corrected chi connectivity index (χ0v) is 34.9. The van der Waals surface area contributed by atoms with Crippen molar-refractivity contribution in [2.45, 2.75) is 0 Å². The highest BCUT2D eigenvalue weighted by Gasteiger charge is 2.35. The van der Waals surface area contributed by atoms with Crippen LogP contribution in [0.3, 0.4) is 0 Å². The lowest BCUT2D eigenvalue weighted by molar-refractivity contribution is 1.03. The summed E-state index contributed by atoms with van der Waals surface area (Å²) >= 11 is 0. The maximum atomic E-state index is 12.4. The van der Waals surface area contributed by atoms with E-state index in [0.717, 1.165) is 115 Å². The molecule has 0 fully saturated rings. The maximum Gasteiger partial charge on any atom is 0.104 e.